The Labute approximate surface area is 197 Å². The number of nitrogens with zero attached hydrogens (tertiary/aromatic N) is 2. The van der Waals surface area contributed by atoms with Crippen molar-refractivity contribution in [2.24, 2.45) is 4.99 Å². The molecule has 0 saturated heterocycles. The minimum Gasteiger partial charge on any atom is -0.504 e. The number of ether oxygens (including phenoxy) is 1. The number of aromatic nitrogens is 1. The summed E-state index contributed by atoms with van der Waals surface area (Å²) >= 11 is 6.97. The van der Waals surface area contributed by atoms with Gasteiger partial charge in [-0.25, -0.2) is 4.98 Å². The van der Waals surface area contributed by atoms with Gasteiger partial charge in [-0.2, -0.15) is 0 Å². The molecule has 31 heavy (non-hydrogen) atoms. The molecule has 1 aromatic heterocycles. The van der Waals surface area contributed by atoms with Gasteiger partial charge in [0.25, 0.3) is 0 Å². The summed E-state index contributed by atoms with van der Waals surface area (Å²) in [6.07, 6.45) is 2.55. The molecule has 0 bridgehead atoms. The standard InChI is InChI=1S/C24H20Br2N2O3/c1-3-14-8-9-20-19(10-14)28-24(31-20)15-6-5-7-16(11-15)27-13-17-22(26)18(25)12-21(23(17)29)30-4-2/h5-13,29H,3-4H2,1-2H3. The Morgan fingerprint density at radius 1 is 1.13 bits per heavy atom. The SMILES string of the molecule is CCOc1cc(Br)c(Br)c(C=Nc2cccc(-c3nc4cc(CC)ccc4o3)c2)c1O. The van der Waals surface area contributed by atoms with Gasteiger partial charge in [-0.1, -0.05) is 19.1 Å². The second kappa shape index (κ2) is 9.24. The number of aliphatic imine (C=N–C) groups is 1. The maximum atomic E-state index is 10.6. The number of rotatable bonds is 6. The molecule has 0 unspecified atom stereocenters. The van der Waals surface area contributed by atoms with Crippen LogP contribution >= 0.6 is 31.9 Å². The molecular formula is C24H20Br2N2O3. The fraction of sp³-hybridized carbons (Fsp3) is 0.167. The first-order chi connectivity index (χ1) is 15.0. The summed E-state index contributed by atoms with van der Waals surface area (Å²) in [7, 11) is 0. The Kier molecular flexibility index (Phi) is 6.43. The summed E-state index contributed by atoms with van der Waals surface area (Å²) in [5.41, 5.74) is 4.88. The third-order valence-corrected chi connectivity index (χ3v) is 6.80. The van der Waals surface area contributed by atoms with E-state index in [1.54, 1.807) is 12.3 Å². The smallest absolute Gasteiger partial charge is 0.227 e. The van der Waals surface area contributed by atoms with Crippen molar-refractivity contribution in [2.45, 2.75) is 20.3 Å². The van der Waals surface area contributed by atoms with Gasteiger partial charge in [0, 0.05) is 20.7 Å². The summed E-state index contributed by atoms with van der Waals surface area (Å²) in [6, 6.07) is 15.4. The molecule has 5 nitrogen and oxygen atoms in total. The van der Waals surface area contributed by atoms with E-state index in [9.17, 15) is 5.11 Å². The normalized spacial score (nSPS) is 11.5. The van der Waals surface area contributed by atoms with Gasteiger partial charge in [-0.05, 0) is 87.2 Å². The Hall–Kier alpha value is -2.64. The van der Waals surface area contributed by atoms with Gasteiger partial charge in [0.15, 0.2) is 17.1 Å². The van der Waals surface area contributed by atoms with Gasteiger partial charge in [0.2, 0.25) is 5.89 Å². The average Bonchev–Trinajstić information content (AvgIpc) is 3.21. The molecule has 1 N–H and O–H groups in total. The summed E-state index contributed by atoms with van der Waals surface area (Å²) in [5, 5.41) is 10.6. The molecule has 0 atom stereocenters. The van der Waals surface area contributed by atoms with Gasteiger partial charge in [-0.3, -0.25) is 4.99 Å². The molecule has 1 heterocycles. The molecule has 4 rings (SSSR count). The lowest BCUT2D eigenvalue weighted by molar-refractivity contribution is 0.317. The lowest BCUT2D eigenvalue weighted by atomic mass is 10.1. The topological polar surface area (TPSA) is 67.9 Å². The number of aromatic hydroxyl groups is 1. The fourth-order valence-electron chi connectivity index (χ4n) is 3.17. The highest BCUT2D eigenvalue weighted by Crippen LogP contribution is 2.40. The Morgan fingerprint density at radius 3 is 2.74 bits per heavy atom. The largest absolute Gasteiger partial charge is 0.504 e. The molecule has 4 aromatic rings. The predicted octanol–water partition coefficient (Wildman–Crippen LogP) is 7.44. The summed E-state index contributed by atoms with van der Waals surface area (Å²) in [4.78, 5) is 9.18. The van der Waals surface area contributed by atoms with Crippen LogP contribution in [0.5, 0.6) is 11.5 Å². The van der Waals surface area contributed by atoms with E-state index in [0.717, 1.165) is 27.6 Å². The molecule has 0 aliphatic rings. The van der Waals surface area contributed by atoms with Crippen LogP contribution in [0.2, 0.25) is 0 Å². The number of fused-ring (bicyclic) bond motifs is 1. The maximum absolute atomic E-state index is 10.6. The zero-order valence-electron chi connectivity index (χ0n) is 17.0. The molecule has 7 heteroatoms. The first kappa shape index (κ1) is 21.6. The van der Waals surface area contributed by atoms with Crippen molar-refractivity contribution in [3.05, 3.63) is 68.6 Å². The van der Waals surface area contributed by atoms with Crippen LogP contribution in [0.25, 0.3) is 22.6 Å². The quantitative estimate of drug-likeness (QED) is 0.257. The van der Waals surface area contributed by atoms with Gasteiger partial charge >= 0.3 is 0 Å². The number of halogens is 2. The molecular weight excluding hydrogens is 524 g/mol. The van der Waals surface area contributed by atoms with E-state index in [2.05, 4.69) is 54.8 Å². The van der Waals surface area contributed by atoms with Gasteiger partial charge in [-0.15, -0.1) is 0 Å². The van der Waals surface area contributed by atoms with Crippen LogP contribution in [0.3, 0.4) is 0 Å². The molecule has 0 fully saturated rings. The van der Waals surface area contributed by atoms with Crippen molar-refractivity contribution in [3.63, 3.8) is 0 Å². The second-order valence-electron chi connectivity index (χ2n) is 6.85. The summed E-state index contributed by atoms with van der Waals surface area (Å²) < 4.78 is 12.9. The zero-order chi connectivity index (χ0) is 22.0. The number of benzene rings is 3. The van der Waals surface area contributed by atoms with E-state index in [0.29, 0.717) is 34.0 Å². The van der Waals surface area contributed by atoms with E-state index in [4.69, 9.17) is 9.15 Å². The van der Waals surface area contributed by atoms with Crippen LogP contribution in [0, 0.1) is 0 Å². The minimum atomic E-state index is 0.0301. The first-order valence-corrected chi connectivity index (χ1v) is 11.5. The molecule has 0 aliphatic heterocycles. The summed E-state index contributed by atoms with van der Waals surface area (Å²) in [6.45, 7) is 4.43. The third kappa shape index (κ3) is 4.52. The number of phenolic OH excluding ortho intramolecular Hbond substituents is 1. The molecule has 0 spiro atoms. The lowest BCUT2D eigenvalue weighted by Crippen LogP contribution is -1.95. The fourth-order valence-corrected chi connectivity index (χ4v) is 4.00. The second-order valence-corrected chi connectivity index (χ2v) is 8.50. The van der Waals surface area contributed by atoms with Crippen LogP contribution in [0.1, 0.15) is 25.0 Å². The van der Waals surface area contributed by atoms with Gasteiger partial charge < -0.3 is 14.3 Å². The highest BCUT2D eigenvalue weighted by molar-refractivity contribution is 9.13. The van der Waals surface area contributed by atoms with Crippen LogP contribution in [-0.4, -0.2) is 22.9 Å². The number of oxazole rings is 1. The zero-order valence-corrected chi connectivity index (χ0v) is 20.2. The van der Waals surface area contributed by atoms with Crippen molar-refractivity contribution in [3.8, 4) is 23.0 Å². The van der Waals surface area contributed by atoms with E-state index < -0.39 is 0 Å². The first-order valence-electron chi connectivity index (χ1n) is 9.87. The van der Waals surface area contributed by atoms with E-state index in [1.165, 1.54) is 5.56 Å². The van der Waals surface area contributed by atoms with Crippen molar-refractivity contribution < 1.29 is 14.3 Å². The van der Waals surface area contributed by atoms with Crippen molar-refractivity contribution in [1.29, 1.82) is 0 Å². The Bertz CT molecular complexity index is 1280. The van der Waals surface area contributed by atoms with Crippen LogP contribution in [-0.2, 0) is 6.42 Å². The molecule has 3 aromatic carbocycles. The molecule has 0 aliphatic carbocycles. The average molecular weight is 544 g/mol. The Balaban J connectivity index is 1.68. The van der Waals surface area contributed by atoms with Gasteiger partial charge in [0.1, 0.15) is 5.52 Å². The molecule has 0 radical (unpaired) electrons. The number of hydrogen-bond acceptors (Lipinski definition) is 5. The van der Waals surface area contributed by atoms with Crippen LogP contribution in [0.15, 0.2) is 66.9 Å². The van der Waals surface area contributed by atoms with E-state index >= 15 is 0 Å². The molecule has 158 valence electrons. The van der Waals surface area contributed by atoms with Crippen molar-refractivity contribution in [1.82, 2.24) is 4.98 Å². The third-order valence-electron chi connectivity index (χ3n) is 4.79. The predicted molar refractivity (Wildman–Crippen MR) is 131 cm³/mol. The number of aryl methyl sites for hydroxylation is 1. The van der Waals surface area contributed by atoms with Crippen molar-refractivity contribution >= 4 is 54.9 Å². The maximum Gasteiger partial charge on any atom is 0.227 e. The molecule has 0 saturated carbocycles. The van der Waals surface area contributed by atoms with E-state index in [1.807, 2.05) is 43.3 Å². The highest BCUT2D eigenvalue weighted by Gasteiger charge is 2.15. The molecule has 0 amide bonds. The Morgan fingerprint density at radius 2 is 1.97 bits per heavy atom. The monoisotopic (exact) mass is 542 g/mol. The van der Waals surface area contributed by atoms with Crippen LogP contribution in [0.4, 0.5) is 5.69 Å². The summed E-state index contributed by atoms with van der Waals surface area (Å²) in [5.74, 6) is 0.971. The highest BCUT2D eigenvalue weighted by atomic mass is 79.9. The minimum absolute atomic E-state index is 0.0301. The van der Waals surface area contributed by atoms with Crippen LogP contribution < -0.4 is 4.74 Å². The number of phenols is 1. The van der Waals surface area contributed by atoms with Gasteiger partial charge in [0.05, 0.1) is 17.9 Å². The lowest BCUT2D eigenvalue weighted by Gasteiger charge is -2.11. The number of hydrogen-bond donors (Lipinski definition) is 1. The van der Waals surface area contributed by atoms with E-state index in [-0.39, 0.29) is 5.75 Å². The van der Waals surface area contributed by atoms with Crippen molar-refractivity contribution in [2.75, 3.05) is 6.61 Å².